The van der Waals surface area contributed by atoms with E-state index in [1.807, 2.05) is 18.2 Å². The molecule has 26 heavy (non-hydrogen) atoms. The molecule has 0 aliphatic carbocycles. The van der Waals surface area contributed by atoms with E-state index in [1.54, 1.807) is 43.5 Å². The summed E-state index contributed by atoms with van der Waals surface area (Å²) in [6.07, 6.45) is 2.98. The summed E-state index contributed by atoms with van der Waals surface area (Å²) in [5, 5.41) is 4.42. The minimum absolute atomic E-state index is 0.112. The molecule has 1 aromatic heterocycles. The Labute approximate surface area is 155 Å². The van der Waals surface area contributed by atoms with E-state index in [1.165, 1.54) is 6.08 Å². The molecule has 6 nitrogen and oxygen atoms in total. The molecule has 0 atom stereocenters. The zero-order valence-corrected chi connectivity index (χ0v) is 14.6. The Bertz CT molecular complexity index is 919. The lowest BCUT2D eigenvalue weighted by molar-refractivity contribution is -0.139. The van der Waals surface area contributed by atoms with Crippen molar-refractivity contribution in [2.24, 2.45) is 0 Å². The molecule has 0 aliphatic heterocycles. The predicted molar refractivity (Wildman–Crippen MR) is 96.6 cm³/mol. The number of hydrogen-bond acceptors (Lipinski definition) is 6. The summed E-state index contributed by atoms with van der Waals surface area (Å²) in [6, 6.07) is 14.3. The molecule has 1 heterocycles. The van der Waals surface area contributed by atoms with Gasteiger partial charge in [-0.3, -0.25) is 0 Å². The average Bonchev–Trinajstić information content (AvgIpc) is 3.14. The fourth-order valence-electron chi connectivity index (χ4n) is 2.12. The third-order valence-corrected chi connectivity index (χ3v) is 3.65. The summed E-state index contributed by atoms with van der Waals surface area (Å²) in [7, 11) is 1.59. The second kappa shape index (κ2) is 8.31. The van der Waals surface area contributed by atoms with Crippen LogP contribution in [0, 0.1) is 0 Å². The van der Waals surface area contributed by atoms with Crippen LogP contribution in [0.2, 0.25) is 5.02 Å². The molecule has 7 heteroatoms. The quantitative estimate of drug-likeness (QED) is 0.479. The van der Waals surface area contributed by atoms with E-state index < -0.39 is 5.97 Å². The molecular formula is C19H15ClN2O4. The molecule has 0 N–H and O–H groups in total. The van der Waals surface area contributed by atoms with Crippen molar-refractivity contribution in [3.63, 3.8) is 0 Å². The highest BCUT2D eigenvalue weighted by Gasteiger charge is 2.10. The van der Waals surface area contributed by atoms with Crippen LogP contribution < -0.4 is 4.74 Å². The number of nitrogens with zero attached hydrogens (tertiary/aromatic N) is 2. The van der Waals surface area contributed by atoms with Gasteiger partial charge in [-0.2, -0.15) is 4.98 Å². The highest BCUT2D eigenvalue weighted by Crippen LogP contribution is 2.20. The Morgan fingerprint density at radius 3 is 2.77 bits per heavy atom. The van der Waals surface area contributed by atoms with E-state index in [0.717, 1.165) is 16.9 Å². The lowest BCUT2D eigenvalue weighted by atomic mass is 10.2. The number of benzene rings is 2. The van der Waals surface area contributed by atoms with Crippen LogP contribution >= 0.6 is 11.6 Å². The molecule has 2 aromatic carbocycles. The van der Waals surface area contributed by atoms with Gasteiger partial charge in [-0.25, -0.2) is 4.79 Å². The first-order valence-electron chi connectivity index (χ1n) is 7.71. The SMILES string of the molecule is COc1ccc(/C=C/C(=O)OCc2nc(-c3cccc(Cl)c3)no2)cc1. The summed E-state index contributed by atoms with van der Waals surface area (Å²) in [4.78, 5) is 16.0. The fraction of sp³-hybridized carbons (Fsp3) is 0.105. The van der Waals surface area contributed by atoms with Crippen molar-refractivity contribution in [3.05, 3.63) is 71.1 Å². The van der Waals surface area contributed by atoms with Crippen LogP contribution in [0.5, 0.6) is 5.75 Å². The Hall–Kier alpha value is -3.12. The molecule has 0 fully saturated rings. The van der Waals surface area contributed by atoms with E-state index in [2.05, 4.69) is 10.1 Å². The number of carbonyl (C=O) groups is 1. The molecule has 0 spiro atoms. The average molecular weight is 371 g/mol. The molecule has 132 valence electrons. The van der Waals surface area contributed by atoms with Gasteiger partial charge >= 0.3 is 5.97 Å². The van der Waals surface area contributed by atoms with E-state index in [-0.39, 0.29) is 12.5 Å². The van der Waals surface area contributed by atoms with E-state index >= 15 is 0 Å². The van der Waals surface area contributed by atoms with Crippen LogP contribution in [0.15, 0.2) is 59.1 Å². The van der Waals surface area contributed by atoms with Crippen LogP contribution in [0.1, 0.15) is 11.5 Å². The Morgan fingerprint density at radius 2 is 2.04 bits per heavy atom. The van der Waals surface area contributed by atoms with Crippen LogP contribution in [-0.4, -0.2) is 23.2 Å². The van der Waals surface area contributed by atoms with E-state index in [9.17, 15) is 4.79 Å². The first-order chi connectivity index (χ1) is 12.6. The summed E-state index contributed by atoms with van der Waals surface area (Å²) >= 11 is 5.94. The summed E-state index contributed by atoms with van der Waals surface area (Å²) in [6.45, 7) is -0.112. The van der Waals surface area contributed by atoms with E-state index in [0.29, 0.717) is 10.8 Å². The molecule has 3 rings (SSSR count). The topological polar surface area (TPSA) is 74.5 Å². The zero-order valence-electron chi connectivity index (χ0n) is 13.9. The minimum Gasteiger partial charge on any atom is -0.497 e. The Morgan fingerprint density at radius 1 is 1.23 bits per heavy atom. The van der Waals surface area contributed by atoms with Gasteiger partial charge in [0.05, 0.1) is 7.11 Å². The van der Waals surface area contributed by atoms with Gasteiger partial charge in [-0.1, -0.05) is 41.0 Å². The number of hydrogen-bond donors (Lipinski definition) is 0. The van der Waals surface area contributed by atoms with Crippen molar-refractivity contribution in [2.75, 3.05) is 7.11 Å². The molecule has 0 radical (unpaired) electrons. The lowest BCUT2D eigenvalue weighted by Gasteiger charge is -1.99. The Balaban J connectivity index is 1.55. The van der Waals surface area contributed by atoms with Gasteiger partial charge in [0, 0.05) is 16.7 Å². The highest BCUT2D eigenvalue weighted by atomic mass is 35.5. The summed E-state index contributed by atoms with van der Waals surface area (Å²) in [5.74, 6) is 0.818. The fourth-order valence-corrected chi connectivity index (χ4v) is 2.31. The zero-order chi connectivity index (χ0) is 18.4. The van der Waals surface area contributed by atoms with E-state index in [4.69, 9.17) is 25.6 Å². The molecular weight excluding hydrogens is 356 g/mol. The van der Waals surface area contributed by atoms with Gasteiger partial charge < -0.3 is 14.0 Å². The first kappa shape index (κ1) is 17.7. The van der Waals surface area contributed by atoms with Crippen molar-refractivity contribution in [3.8, 4) is 17.1 Å². The number of methoxy groups -OCH3 is 1. The maximum atomic E-state index is 11.8. The summed E-state index contributed by atoms with van der Waals surface area (Å²) in [5.41, 5.74) is 1.57. The maximum absolute atomic E-state index is 11.8. The van der Waals surface area contributed by atoms with Crippen molar-refractivity contribution >= 4 is 23.6 Å². The Kier molecular flexibility index (Phi) is 5.66. The van der Waals surface area contributed by atoms with Crippen LogP contribution in [0.4, 0.5) is 0 Å². The number of ether oxygens (including phenoxy) is 2. The monoisotopic (exact) mass is 370 g/mol. The first-order valence-corrected chi connectivity index (χ1v) is 8.09. The van der Waals surface area contributed by atoms with Crippen molar-refractivity contribution < 1.29 is 18.8 Å². The summed E-state index contributed by atoms with van der Waals surface area (Å²) < 4.78 is 15.2. The van der Waals surface area contributed by atoms with Gasteiger partial charge in [0.2, 0.25) is 5.82 Å². The minimum atomic E-state index is -0.511. The third-order valence-electron chi connectivity index (χ3n) is 3.42. The smallest absolute Gasteiger partial charge is 0.331 e. The standard InChI is InChI=1S/C19H15ClN2O4/c1-24-16-8-5-13(6-9-16)7-10-18(23)25-12-17-21-19(22-26-17)14-3-2-4-15(20)11-14/h2-11H,12H2,1H3/b10-7+. The van der Waals surface area contributed by atoms with Gasteiger partial charge in [0.25, 0.3) is 5.89 Å². The molecule has 0 saturated carbocycles. The van der Waals surface area contributed by atoms with Gasteiger partial charge in [0.1, 0.15) is 5.75 Å². The molecule has 0 amide bonds. The van der Waals surface area contributed by atoms with Crippen molar-refractivity contribution in [2.45, 2.75) is 6.61 Å². The molecule has 0 unspecified atom stereocenters. The molecule has 0 saturated heterocycles. The van der Waals surface area contributed by atoms with Gasteiger partial charge in [-0.15, -0.1) is 0 Å². The second-order valence-electron chi connectivity index (χ2n) is 5.24. The van der Waals surface area contributed by atoms with Crippen molar-refractivity contribution in [1.82, 2.24) is 10.1 Å². The molecule has 0 aliphatic rings. The van der Waals surface area contributed by atoms with Crippen LogP contribution in [0.25, 0.3) is 17.5 Å². The molecule has 0 bridgehead atoms. The number of aromatic nitrogens is 2. The highest BCUT2D eigenvalue weighted by molar-refractivity contribution is 6.30. The third kappa shape index (κ3) is 4.70. The maximum Gasteiger partial charge on any atom is 0.331 e. The normalized spacial score (nSPS) is 10.8. The van der Waals surface area contributed by atoms with Gasteiger partial charge in [0.15, 0.2) is 6.61 Å². The van der Waals surface area contributed by atoms with Gasteiger partial charge in [-0.05, 0) is 35.9 Å². The van der Waals surface area contributed by atoms with Crippen LogP contribution in [0.3, 0.4) is 0 Å². The predicted octanol–water partition coefficient (Wildman–Crippen LogP) is 4.16. The second-order valence-corrected chi connectivity index (χ2v) is 5.67. The lowest BCUT2D eigenvalue weighted by Crippen LogP contribution is -2.00. The number of rotatable bonds is 6. The van der Waals surface area contributed by atoms with Crippen molar-refractivity contribution in [1.29, 1.82) is 0 Å². The largest absolute Gasteiger partial charge is 0.497 e. The van der Waals surface area contributed by atoms with Crippen LogP contribution in [-0.2, 0) is 16.1 Å². The number of esters is 1. The number of carbonyl (C=O) groups excluding carboxylic acids is 1. The number of halogens is 1. The molecule has 3 aromatic rings.